The molecule has 2 aromatic carbocycles. The predicted octanol–water partition coefficient (Wildman–Crippen LogP) is 4.08. The summed E-state index contributed by atoms with van der Waals surface area (Å²) in [7, 11) is 1.21. The highest BCUT2D eigenvalue weighted by molar-refractivity contribution is 6.30. The van der Waals surface area contributed by atoms with Crippen LogP contribution >= 0.6 is 11.6 Å². The Labute approximate surface area is 148 Å². The molecule has 0 fully saturated rings. The Morgan fingerprint density at radius 1 is 1.08 bits per heavy atom. The van der Waals surface area contributed by atoms with Gasteiger partial charge >= 0.3 is 5.97 Å². The number of halogens is 2. The van der Waals surface area contributed by atoms with Gasteiger partial charge in [-0.05, 0) is 42.0 Å². The van der Waals surface area contributed by atoms with Gasteiger partial charge in [0, 0.05) is 23.0 Å². The molecule has 0 saturated carbocycles. The summed E-state index contributed by atoms with van der Waals surface area (Å²) in [5.74, 6) is -1.12. The predicted molar refractivity (Wildman–Crippen MR) is 93.8 cm³/mol. The van der Waals surface area contributed by atoms with E-state index in [0.717, 1.165) is 5.56 Å². The number of hydrogen-bond acceptors (Lipinski definition) is 3. The van der Waals surface area contributed by atoms with Gasteiger partial charge in [-0.1, -0.05) is 23.7 Å². The molecule has 3 rings (SSSR count). The fourth-order valence-electron chi connectivity index (χ4n) is 2.46. The third-order valence-corrected chi connectivity index (χ3v) is 3.95. The van der Waals surface area contributed by atoms with Crippen molar-refractivity contribution in [2.75, 3.05) is 7.11 Å². The molecule has 0 unspecified atom stereocenters. The lowest BCUT2D eigenvalue weighted by molar-refractivity contribution is 0.0598. The summed E-state index contributed by atoms with van der Waals surface area (Å²) in [6, 6.07) is 14.0. The van der Waals surface area contributed by atoms with Crippen molar-refractivity contribution in [3.63, 3.8) is 0 Å². The first-order valence-corrected chi connectivity index (χ1v) is 7.74. The molecule has 4 nitrogen and oxygen atoms in total. The molecule has 3 aromatic rings. The van der Waals surface area contributed by atoms with Crippen molar-refractivity contribution < 1.29 is 13.9 Å². The fraction of sp³-hybridized carbons (Fsp3) is 0.0526. The van der Waals surface area contributed by atoms with Gasteiger partial charge in [0.25, 0.3) is 0 Å². The molecule has 0 aliphatic carbocycles. The molecular formula is C19H13ClFNO3. The number of ether oxygens (including phenoxy) is 1. The van der Waals surface area contributed by atoms with Crippen LogP contribution in [-0.2, 0) is 4.74 Å². The monoisotopic (exact) mass is 357 g/mol. The Kier molecular flexibility index (Phi) is 4.67. The van der Waals surface area contributed by atoms with E-state index in [2.05, 4.69) is 4.74 Å². The maximum absolute atomic E-state index is 13.2. The summed E-state index contributed by atoms with van der Waals surface area (Å²) in [6.07, 6.45) is 1.39. The lowest BCUT2D eigenvalue weighted by atomic mass is 10.1. The maximum Gasteiger partial charge on any atom is 0.343 e. The zero-order chi connectivity index (χ0) is 18.0. The third-order valence-electron chi connectivity index (χ3n) is 3.70. The van der Waals surface area contributed by atoms with Gasteiger partial charge in [0.05, 0.1) is 12.8 Å². The van der Waals surface area contributed by atoms with Crippen molar-refractivity contribution in [3.05, 3.63) is 87.4 Å². The quantitative estimate of drug-likeness (QED) is 0.663. The van der Waals surface area contributed by atoms with Crippen LogP contribution in [0.1, 0.15) is 10.4 Å². The Balaban J connectivity index is 2.27. The molecule has 25 heavy (non-hydrogen) atoms. The van der Waals surface area contributed by atoms with Gasteiger partial charge in [0.1, 0.15) is 11.4 Å². The normalized spacial score (nSPS) is 10.5. The summed E-state index contributed by atoms with van der Waals surface area (Å²) < 4.78 is 19.5. The number of benzene rings is 2. The van der Waals surface area contributed by atoms with Gasteiger partial charge in [-0.3, -0.25) is 4.79 Å². The lowest BCUT2D eigenvalue weighted by Gasteiger charge is -2.15. The molecule has 6 heteroatoms. The number of rotatable bonds is 3. The fourth-order valence-corrected chi connectivity index (χ4v) is 2.58. The highest BCUT2D eigenvalue weighted by Gasteiger charge is 2.16. The van der Waals surface area contributed by atoms with E-state index in [4.69, 9.17) is 11.6 Å². The first-order chi connectivity index (χ1) is 12.0. The number of aromatic nitrogens is 1. The van der Waals surface area contributed by atoms with Crippen molar-refractivity contribution in [2.45, 2.75) is 0 Å². The molecule has 1 aromatic heterocycles. The molecular weight excluding hydrogens is 345 g/mol. The van der Waals surface area contributed by atoms with Crippen molar-refractivity contribution >= 4 is 17.6 Å². The van der Waals surface area contributed by atoms with Crippen LogP contribution < -0.4 is 5.43 Å². The number of methoxy groups -OCH3 is 1. The maximum atomic E-state index is 13.2. The van der Waals surface area contributed by atoms with E-state index in [1.807, 2.05) is 0 Å². The molecule has 0 N–H and O–H groups in total. The Morgan fingerprint density at radius 3 is 2.32 bits per heavy atom. The number of carbonyl (C=O) groups is 1. The van der Waals surface area contributed by atoms with Crippen LogP contribution in [0.15, 0.2) is 65.6 Å². The van der Waals surface area contributed by atoms with Gasteiger partial charge in [-0.25, -0.2) is 9.18 Å². The molecule has 0 aliphatic rings. The van der Waals surface area contributed by atoms with Crippen molar-refractivity contribution in [3.8, 4) is 16.9 Å². The van der Waals surface area contributed by atoms with Gasteiger partial charge in [-0.15, -0.1) is 0 Å². The smallest absolute Gasteiger partial charge is 0.343 e. The van der Waals surface area contributed by atoms with E-state index in [9.17, 15) is 14.0 Å². The average Bonchev–Trinajstić information content (AvgIpc) is 2.62. The number of pyridine rings is 1. The summed E-state index contributed by atoms with van der Waals surface area (Å²) >= 11 is 5.92. The van der Waals surface area contributed by atoms with E-state index >= 15 is 0 Å². The van der Waals surface area contributed by atoms with Crippen LogP contribution in [0.3, 0.4) is 0 Å². The van der Waals surface area contributed by atoms with E-state index < -0.39 is 11.4 Å². The zero-order valence-corrected chi connectivity index (χ0v) is 14.0. The van der Waals surface area contributed by atoms with Crippen LogP contribution in [0.5, 0.6) is 0 Å². The van der Waals surface area contributed by atoms with E-state index in [1.54, 1.807) is 41.0 Å². The van der Waals surface area contributed by atoms with Crippen LogP contribution in [-0.4, -0.2) is 17.6 Å². The Hall–Kier alpha value is -2.92. The Morgan fingerprint density at radius 2 is 1.72 bits per heavy atom. The van der Waals surface area contributed by atoms with Gasteiger partial charge in [0.15, 0.2) is 5.43 Å². The highest BCUT2D eigenvalue weighted by atomic mass is 35.5. The first-order valence-electron chi connectivity index (χ1n) is 7.36. The molecule has 0 amide bonds. The number of esters is 1. The average molecular weight is 358 g/mol. The van der Waals surface area contributed by atoms with Crippen LogP contribution in [0, 0.1) is 5.82 Å². The van der Waals surface area contributed by atoms with Crippen LogP contribution in [0.25, 0.3) is 16.9 Å². The van der Waals surface area contributed by atoms with Gasteiger partial charge in [-0.2, -0.15) is 0 Å². The van der Waals surface area contributed by atoms with Crippen molar-refractivity contribution in [2.24, 2.45) is 0 Å². The third kappa shape index (κ3) is 3.46. The Bertz CT molecular complexity index is 979. The molecule has 0 radical (unpaired) electrons. The van der Waals surface area contributed by atoms with E-state index in [0.29, 0.717) is 16.4 Å². The molecule has 1 heterocycles. The van der Waals surface area contributed by atoms with E-state index in [1.165, 1.54) is 31.5 Å². The van der Waals surface area contributed by atoms with Crippen LogP contribution in [0.4, 0.5) is 4.39 Å². The summed E-state index contributed by atoms with van der Waals surface area (Å²) in [4.78, 5) is 24.2. The van der Waals surface area contributed by atoms with Crippen molar-refractivity contribution in [1.29, 1.82) is 0 Å². The second kappa shape index (κ2) is 6.91. The van der Waals surface area contributed by atoms with Gasteiger partial charge < -0.3 is 9.30 Å². The van der Waals surface area contributed by atoms with Crippen molar-refractivity contribution in [1.82, 2.24) is 4.57 Å². The summed E-state index contributed by atoms with van der Waals surface area (Å²) in [5.41, 5.74) is 1.29. The summed E-state index contributed by atoms with van der Waals surface area (Å²) in [6.45, 7) is 0. The minimum absolute atomic E-state index is 0.107. The molecule has 126 valence electrons. The second-order valence-electron chi connectivity index (χ2n) is 5.28. The number of hydrogen-bond donors (Lipinski definition) is 0. The van der Waals surface area contributed by atoms with Crippen LogP contribution in [0.2, 0.25) is 5.02 Å². The molecule has 0 spiro atoms. The zero-order valence-electron chi connectivity index (χ0n) is 13.2. The topological polar surface area (TPSA) is 48.3 Å². The minimum Gasteiger partial charge on any atom is -0.465 e. The first kappa shape index (κ1) is 16.9. The number of nitrogens with zero attached hydrogens (tertiary/aromatic N) is 1. The minimum atomic E-state index is -0.733. The second-order valence-corrected chi connectivity index (χ2v) is 5.72. The molecule has 0 atom stereocenters. The molecule has 0 saturated heterocycles. The van der Waals surface area contributed by atoms with E-state index in [-0.39, 0.29) is 11.4 Å². The molecule has 0 aliphatic heterocycles. The standard InChI is InChI=1S/C19H13ClFNO3/c1-25-19(24)16-11-22(15-8-6-14(21)7-9-15)17(10-18(16)23)12-2-4-13(20)5-3-12/h2-11H,1H3. The highest BCUT2D eigenvalue weighted by Crippen LogP contribution is 2.24. The SMILES string of the molecule is COC(=O)c1cn(-c2ccc(F)cc2)c(-c2ccc(Cl)cc2)cc1=O. The lowest BCUT2D eigenvalue weighted by Crippen LogP contribution is -2.19. The number of carbonyl (C=O) groups excluding carboxylic acids is 1. The molecule has 0 bridgehead atoms. The van der Waals surface area contributed by atoms with Gasteiger partial charge in [0.2, 0.25) is 0 Å². The largest absolute Gasteiger partial charge is 0.465 e. The summed E-state index contributed by atoms with van der Waals surface area (Å²) in [5, 5.41) is 0.561.